The van der Waals surface area contributed by atoms with Gasteiger partial charge in [-0.2, -0.15) is 4.98 Å². The Kier molecular flexibility index (Phi) is 5.85. The SMILES string of the molecule is Cc1nc(C(=O)NCCCc2nc(C(C)C)no2)nn1-c1ccccc1Cl. The van der Waals surface area contributed by atoms with Crippen LogP contribution in [0.25, 0.3) is 5.69 Å². The molecule has 27 heavy (non-hydrogen) atoms. The summed E-state index contributed by atoms with van der Waals surface area (Å²) in [5.41, 5.74) is 0.681. The third-order valence-electron chi connectivity index (χ3n) is 3.91. The van der Waals surface area contributed by atoms with Crippen LogP contribution in [0.1, 0.15) is 54.3 Å². The van der Waals surface area contributed by atoms with Gasteiger partial charge in [-0.15, -0.1) is 5.10 Å². The van der Waals surface area contributed by atoms with Gasteiger partial charge in [-0.05, 0) is 25.5 Å². The Morgan fingerprint density at radius 2 is 2.07 bits per heavy atom. The molecule has 3 rings (SSSR count). The summed E-state index contributed by atoms with van der Waals surface area (Å²) in [5.74, 6) is 1.85. The number of amides is 1. The van der Waals surface area contributed by atoms with E-state index in [-0.39, 0.29) is 17.6 Å². The number of hydrogen-bond acceptors (Lipinski definition) is 6. The van der Waals surface area contributed by atoms with E-state index in [1.54, 1.807) is 17.7 Å². The number of benzene rings is 1. The lowest BCUT2D eigenvalue weighted by molar-refractivity contribution is 0.0942. The van der Waals surface area contributed by atoms with Crippen molar-refractivity contribution in [1.29, 1.82) is 0 Å². The molecule has 3 aromatic rings. The quantitative estimate of drug-likeness (QED) is 0.624. The summed E-state index contributed by atoms with van der Waals surface area (Å²) in [6.07, 6.45) is 1.27. The summed E-state index contributed by atoms with van der Waals surface area (Å²) in [4.78, 5) is 20.8. The topological polar surface area (TPSA) is 98.7 Å². The van der Waals surface area contributed by atoms with Crippen molar-refractivity contribution in [3.05, 3.63) is 52.7 Å². The van der Waals surface area contributed by atoms with Crippen LogP contribution in [-0.4, -0.2) is 37.4 Å². The van der Waals surface area contributed by atoms with Crippen molar-refractivity contribution in [3.63, 3.8) is 0 Å². The van der Waals surface area contributed by atoms with Crippen molar-refractivity contribution < 1.29 is 9.32 Å². The molecule has 0 bridgehead atoms. The first-order chi connectivity index (χ1) is 13.0. The second-order valence-corrected chi connectivity index (χ2v) is 6.81. The lowest BCUT2D eigenvalue weighted by Crippen LogP contribution is -2.26. The zero-order valence-electron chi connectivity index (χ0n) is 15.4. The Bertz CT molecular complexity index is 934. The van der Waals surface area contributed by atoms with E-state index in [2.05, 4.69) is 25.5 Å². The van der Waals surface area contributed by atoms with Crippen LogP contribution in [0.2, 0.25) is 5.02 Å². The fourth-order valence-electron chi connectivity index (χ4n) is 2.46. The lowest BCUT2D eigenvalue weighted by atomic mass is 10.2. The van der Waals surface area contributed by atoms with E-state index in [1.165, 1.54) is 0 Å². The fraction of sp³-hybridized carbons (Fsp3) is 0.389. The fourth-order valence-corrected chi connectivity index (χ4v) is 2.68. The molecule has 142 valence electrons. The van der Waals surface area contributed by atoms with Crippen LogP contribution >= 0.6 is 11.6 Å². The van der Waals surface area contributed by atoms with Gasteiger partial charge in [-0.1, -0.05) is 42.7 Å². The number of carbonyl (C=O) groups excluding carboxylic acids is 1. The molecule has 0 unspecified atom stereocenters. The molecule has 0 saturated carbocycles. The molecule has 0 spiro atoms. The zero-order valence-corrected chi connectivity index (χ0v) is 16.2. The smallest absolute Gasteiger partial charge is 0.290 e. The van der Waals surface area contributed by atoms with Gasteiger partial charge in [-0.25, -0.2) is 9.67 Å². The Labute approximate surface area is 161 Å². The molecule has 2 heterocycles. The first-order valence-electron chi connectivity index (χ1n) is 8.75. The van der Waals surface area contributed by atoms with Gasteiger partial charge >= 0.3 is 0 Å². The number of carbonyl (C=O) groups is 1. The lowest BCUT2D eigenvalue weighted by Gasteiger charge is -2.04. The number of rotatable bonds is 7. The largest absolute Gasteiger partial charge is 0.349 e. The van der Waals surface area contributed by atoms with Crippen molar-refractivity contribution in [2.24, 2.45) is 0 Å². The van der Waals surface area contributed by atoms with Crippen LogP contribution in [0.4, 0.5) is 0 Å². The zero-order chi connectivity index (χ0) is 19.4. The summed E-state index contributed by atoms with van der Waals surface area (Å²) >= 11 is 6.19. The average Bonchev–Trinajstić information content (AvgIpc) is 3.26. The first kappa shape index (κ1) is 19.0. The molecule has 2 aromatic heterocycles. The number of para-hydroxylation sites is 1. The Balaban J connectivity index is 1.55. The minimum Gasteiger partial charge on any atom is -0.349 e. The van der Waals surface area contributed by atoms with Gasteiger partial charge in [0.05, 0.1) is 10.7 Å². The van der Waals surface area contributed by atoms with Crippen molar-refractivity contribution in [1.82, 2.24) is 30.2 Å². The standard InChI is InChI=1S/C18H21ClN6O2/c1-11(2)16-22-15(27-24-16)9-6-10-20-18(26)17-21-12(3)25(23-17)14-8-5-4-7-13(14)19/h4-5,7-8,11H,6,9-10H2,1-3H3,(H,20,26). The third-order valence-corrected chi connectivity index (χ3v) is 4.23. The van der Waals surface area contributed by atoms with Gasteiger partial charge in [0.1, 0.15) is 5.82 Å². The average molecular weight is 389 g/mol. The summed E-state index contributed by atoms with van der Waals surface area (Å²) in [7, 11) is 0. The predicted molar refractivity (Wildman–Crippen MR) is 100 cm³/mol. The normalized spacial score (nSPS) is 11.1. The summed E-state index contributed by atoms with van der Waals surface area (Å²) in [5, 5.41) is 11.5. The number of nitrogens with one attached hydrogen (secondary N) is 1. The van der Waals surface area contributed by atoms with Gasteiger partial charge in [0.2, 0.25) is 11.7 Å². The van der Waals surface area contributed by atoms with Crippen LogP contribution in [0.3, 0.4) is 0 Å². The number of halogens is 1. The Hall–Kier alpha value is -2.74. The minimum absolute atomic E-state index is 0.104. The number of hydrogen-bond donors (Lipinski definition) is 1. The molecule has 0 radical (unpaired) electrons. The van der Waals surface area contributed by atoms with Crippen LogP contribution in [-0.2, 0) is 6.42 Å². The van der Waals surface area contributed by atoms with E-state index in [4.69, 9.17) is 16.1 Å². The van der Waals surface area contributed by atoms with Crippen LogP contribution in [0.15, 0.2) is 28.8 Å². The molecular formula is C18H21ClN6O2. The molecule has 9 heteroatoms. The maximum Gasteiger partial charge on any atom is 0.290 e. The van der Waals surface area contributed by atoms with Crippen LogP contribution < -0.4 is 5.32 Å². The number of aromatic nitrogens is 5. The molecule has 0 saturated heterocycles. The maximum atomic E-state index is 12.3. The molecule has 1 aromatic carbocycles. The molecule has 8 nitrogen and oxygen atoms in total. The van der Waals surface area contributed by atoms with Crippen LogP contribution in [0, 0.1) is 6.92 Å². The molecule has 0 aliphatic heterocycles. The van der Waals surface area contributed by atoms with Crippen molar-refractivity contribution in [2.45, 2.75) is 39.5 Å². The van der Waals surface area contributed by atoms with Crippen LogP contribution in [0.5, 0.6) is 0 Å². The highest BCUT2D eigenvalue weighted by Crippen LogP contribution is 2.20. The first-order valence-corrected chi connectivity index (χ1v) is 9.12. The van der Waals surface area contributed by atoms with E-state index in [9.17, 15) is 4.79 Å². The molecule has 0 aliphatic carbocycles. The summed E-state index contributed by atoms with van der Waals surface area (Å²) in [6.45, 7) is 6.24. The Morgan fingerprint density at radius 3 is 2.78 bits per heavy atom. The molecule has 1 amide bonds. The van der Waals surface area contributed by atoms with Gasteiger partial charge in [0.15, 0.2) is 5.82 Å². The third kappa shape index (κ3) is 4.51. The summed E-state index contributed by atoms with van der Waals surface area (Å²) in [6, 6.07) is 7.27. The van der Waals surface area contributed by atoms with Crippen molar-refractivity contribution >= 4 is 17.5 Å². The molecule has 1 N–H and O–H groups in total. The highest BCUT2D eigenvalue weighted by Gasteiger charge is 2.16. The van der Waals surface area contributed by atoms with Gasteiger partial charge in [-0.3, -0.25) is 4.79 Å². The van der Waals surface area contributed by atoms with E-state index in [0.29, 0.717) is 47.6 Å². The number of aryl methyl sites for hydroxylation is 2. The second-order valence-electron chi connectivity index (χ2n) is 6.41. The van der Waals surface area contributed by atoms with E-state index in [1.807, 2.05) is 32.0 Å². The van der Waals surface area contributed by atoms with E-state index < -0.39 is 0 Å². The molecule has 0 aliphatic rings. The van der Waals surface area contributed by atoms with Gasteiger partial charge < -0.3 is 9.84 Å². The van der Waals surface area contributed by atoms with Gasteiger partial charge in [0, 0.05) is 18.9 Å². The van der Waals surface area contributed by atoms with Crippen molar-refractivity contribution in [3.8, 4) is 5.69 Å². The summed E-state index contributed by atoms with van der Waals surface area (Å²) < 4.78 is 6.74. The van der Waals surface area contributed by atoms with Gasteiger partial charge in [0.25, 0.3) is 5.91 Å². The number of nitrogens with zero attached hydrogens (tertiary/aromatic N) is 5. The molecular weight excluding hydrogens is 368 g/mol. The molecule has 0 fully saturated rings. The second kappa shape index (κ2) is 8.30. The molecule has 0 atom stereocenters. The predicted octanol–water partition coefficient (Wildman–Crippen LogP) is 3.10. The van der Waals surface area contributed by atoms with E-state index in [0.717, 1.165) is 0 Å². The maximum absolute atomic E-state index is 12.3. The Morgan fingerprint density at radius 1 is 1.30 bits per heavy atom. The minimum atomic E-state index is -0.336. The highest BCUT2D eigenvalue weighted by molar-refractivity contribution is 6.32. The highest BCUT2D eigenvalue weighted by atomic mass is 35.5. The van der Waals surface area contributed by atoms with Crippen molar-refractivity contribution in [2.75, 3.05) is 6.54 Å². The van der Waals surface area contributed by atoms with E-state index >= 15 is 0 Å². The monoisotopic (exact) mass is 388 g/mol.